The minimum atomic E-state index is -0.187. The van der Waals surface area contributed by atoms with Crippen molar-refractivity contribution in [3.63, 3.8) is 0 Å². The Morgan fingerprint density at radius 1 is 1.12 bits per heavy atom. The van der Waals surface area contributed by atoms with Gasteiger partial charge in [0.05, 0.1) is 5.92 Å². The number of nitrogens with zero attached hydrogens (tertiary/aromatic N) is 1. The third kappa shape index (κ3) is 2.79. The molecule has 0 bridgehead atoms. The lowest BCUT2D eigenvalue weighted by molar-refractivity contribution is -0.125. The SMILES string of the molecule is CC1CCCC(N2CC(C)C(=O)NC2=O)CC1. The molecule has 0 spiro atoms. The summed E-state index contributed by atoms with van der Waals surface area (Å²) in [5, 5.41) is 2.46. The summed E-state index contributed by atoms with van der Waals surface area (Å²) in [7, 11) is 0. The molecule has 1 heterocycles. The predicted octanol–water partition coefficient (Wildman–Crippen LogP) is 2.14. The van der Waals surface area contributed by atoms with E-state index in [-0.39, 0.29) is 17.9 Å². The molecule has 17 heavy (non-hydrogen) atoms. The van der Waals surface area contributed by atoms with E-state index in [1.54, 1.807) is 0 Å². The molecule has 1 N–H and O–H groups in total. The fourth-order valence-corrected chi connectivity index (χ4v) is 2.86. The molecule has 1 saturated heterocycles. The van der Waals surface area contributed by atoms with Crippen molar-refractivity contribution in [3.8, 4) is 0 Å². The summed E-state index contributed by atoms with van der Waals surface area (Å²) < 4.78 is 0. The molecule has 2 aliphatic rings. The number of carbonyl (C=O) groups excluding carboxylic acids is 2. The zero-order valence-corrected chi connectivity index (χ0v) is 10.7. The Hall–Kier alpha value is -1.06. The van der Waals surface area contributed by atoms with Crippen molar-refractivity contribution in [3.05, 3.63) is 0 Å². The molecule has 0 aromatic heterocycles. The Bertz CT molecular complexity index is 317. The van der Waals surface area contributed by atoms with Gasteiger partial charge in [-0.3, -0.25) is 10.1 Å². The molecule has 1 aliphatic heterocycles. The van der Waals surface area contributed by atoms with Crippen molar-refractivity contribution >= 4 is 11.9 Å². The standard InChI is InChI=1S/C13H22N2O2/c1-9-4-3-5-11(7-6-9)15-8-10(2)12(16)14-13(15)17/h9-11H,3-8H2,1-2H3,(H,14,16,17). The van der Waals surface area contributed by atoms with Crippen molar-refractivity contribution in [1.82, 2.24) is 10.2 Å². The fraction of sp³-hybridized carbons (Fsp3) is 0.846. The van der Waals surface area contributed by atoms with Crippen LogP contribution in [0.4, 0.5) is 4.79 Å². The molecular weight excluding hydrogens is 216 g/mol. The first-order chi connectivity index (χ1) is 8.08. The van der Waals surface area contributed by atoms with Gasteiger partial charge in [0.15, 0.2) is 0 Å². The monoisotopic (exact) mass is 238 g/mol. The normalized spacial score (nSPS) is 35.4. The number of amides is 3. The van der Waals surface area contributed by atoms with Crippen LogP contribution in [0.2, 0.25) is 0 Å². The van der Waals surface area contributed by atoms with E-state index < -0.39 is 0 Å². The van der Waals surface area contributed by atoms with Crippen LogP contribution >= 0.6 is 0 Å². The lowest BCUT2D eigenvalue weighted by Gasteiger charge is -2.36. The van der Waals surface area contributed by atoms with Crippen LogP contribution in [0.5, 0.6) is 0 Å². The third-order valence-corrected chi connectivity index (χ3v) is 4.08. The molecule has 1 saturated carbocycles. The summed E-state index contributed by atoms with van der Waals surface area (Å²) in [6.07, 6.45) is 5.81. The largest absolute Gasteiger partial charge is 0.324 e. The molecule has 2 fully saturated rings. The summed E-state index contributed by atoms with van der Waals surface area (Å²) in [5.74, 6) is 0.563. The van der Waals surface area contributed by atoms with E-state index in [9.17, 15) is 9.59 Å². The van der Waals surface area contributed by atoms with Gasteiger partial charge in [0.2, 0.25) is 5.91 Å². The van der Waals surface area contributed by atoms with E-state index in [4.69, 9.17) is 0 Å². The molecule has 0 radical (unpaired) electrons. The van der Waals surface area contributed by atoms with Crippen molar-refractivity contribution in [2.45, 2.75) is 52.0 Å². The molecule has 0 aromatic rings. The summed E-state index contributed by atoms with van der Waals surface area (Å²) in [5.41, 5.74) is 0. The highest BCUT2D eigenvalue weighted by Gasteiger charge is 2.34. The minimum Gasteiger partial charge on any atom is -0.321 e. The van der Waals surface area contributed by atoms with Crippen LogP contribution in [0.15, 0.2) is 0 Å². The summed E-state index contributed by atoms with van der Waals surface area (Å²) in [6.45, 7) is 4.75. The highest BCUT2D eigenvalue weighted by Crippen LogP contribution is 2.27. The Morgan fingerprint density at radius 2 is 1.88 bits per heavy atom. The first kappa shape index (κ1) is 12.4. The maximum Gasteiger partial charge on any atom is 0.324 e. The van der Waals surface area contributed by atoms with Gasteiger partial charge in [0.1, 0.15) is 0 Å². The van der Waals surface area contributed by atoms with E-state index in [0.29, 0.717) is 12.6 Å². The molecule has 4 heteroatoms. The molecule has 2 rings (SSSR count). The Balaban J connectivity index is 2.00. The highest BCUT2D eigenvalue weighted by molar-refractivity contribution is 5.97. The first-order valence-electron chi connectivity index (χ1n) is 6.69. The van der Waals surface area contributed by atoms with E-state index in [1.165, 1.54) is 19.3 Å². The van der Waals surface area contributed by atoms with Crippen LogP contribution < -0.4 is 5.32 Å². The molecule has 3 amide bonds. The molecule has 4 nitrogen and oxygen atoms in total. The van der Waals surface area contributed by atoms with Crippen LogP contribution in [0.3, 0.4) is 0 Å². The van der Waals surface area contributed by atoms with Crippen molar-refractivity contribution in [1.29, 1.82) is 0 Å². The van der Waals surface area contributed by atoms with E-state index in [1.807, 2.05) is 11.8 Å². The smallest absolute Gasteiger partial charge is 0.321 e. The van der Waals surface area contributed by atoms with Gasteiger partial charge < -0.3 is 4.90 Å². The number of hydrogen-bond donors (Lipinski definition) is 1. The van der Waals surface area contributed by atoms with Crippen LogP contribution in [-0.4, -0.2) is 29.4 Å². The number of urea groups is 1. The average Bonchev–Trinajstić information content (AvgIpc) is 2.49. The fourth-order valence-electron chi connectivity index (χ4n) is 2.86. The average molecular weight is 238 g/mol. The predicted molar refractivity (Wildman–Crippen MR) is 65.4 cm³/mol. The number of hydrogen-bond acceptors (Lipinski definition) is 2. The van der Waals surface area contributed by atoms with Crippen LogP contribution in [-0.2, 0) is 4.79 Å². The van der Waals surface area contributed by atoms with Gasteiger partial charge in [-0.15, -0.1) is 0 Å². The molecule has 3 atom stereocenters. The van der Waals surface area contributed by atoms with Crippen LogP contribution in [0.1, 0.15) is 46.0 Å². The summed E-state index contributed by atoms with van der Waals surface area (Å²) in [6, 6.07) is 0.142. The molecule has 3 unspecified atom stereocenters. The molecule has 1 aliphatic carbocycles. The number of carbonyl (C=O) groups is 2. The van der Waals surface area contributed by atoms with Gasteiger partial charge in [-0.25, -0.2) is 4.79 Å². The van der Waals surface area contributed by atoms with Gasteiger partial charge in [-0.1, -0.05) is 26.7 Å². The third-order valence-electron chi connectivity index (χ3n) is 4.08. The van der Waals surface area contributed by atoms with E-state index in [0.717, 1.165) is 18.8 Å². The lowest BCUT2D eigenvalue weighted by atomic mass is 10.0. The maximum absolute atomic E-state index is 11.8. The highest BCUT2D eigenvalue weighted by atomic mass is 16.2. The second kappa shape index (κ2) is 5.07. The van der Waals surface area contributed by atoms with Gasteiger partial charge in [-0.05, 0) is 25.2 Å². The second-order valence-electron chi connectivity index (χ2n) is 5.62. The topological polar surface area (TPSA) is 49.4 Å². The zero-order chi connectivity index (χ0) is 12.4. The lowest BCUT2D eigenvalue weighted by Crippen LogP contribution is -2.56. The zero-order valence-electron chi connectivity index (χ0n) is 10.7. The van der Waals surface area contributed by atoms with Gasteiger partial charge in [0.25, 0.3) is 0 Å². The summed E-state index contributed by atoms with van der Waals surface area (Å²) >= 11 is 0. The Kier molecular flexibility index (Phi) is 3.69. The van der Waals surface area contributed by atoms with Crippen molar-refractivity contribution in [2.75, 3.05) is 6.54 Å². The molecule has 0 aromatic carbocycles. The van der Waals surface area contributed by atoms with Gasteiger partial charge >= 0.3 is 6.03 Å². The maximum atomic E-state index is 11.8. The number of nitrogens with one attached hydrogen (secondary N) is 1. The van der Waals surface area contributed by atoms with Crippen LogP contribution in [0.25, 0.3) is 0 Å². The Morgan fingerprint density at radius 3 is 2.65 bits per heavy atom. The molecule has 96 valence electrons. The van der Waals surface area contributed by atoms with Crippen molar-refractivity contribution in [2.24, 2.45) is 11.8 Å². The minimum absolute atomic E-state index is 0.0756. The molecular formula is C13H22N2O2. The quantitative estimate of drug-likeness (QED) is 0.711. The van der Waals surface area contributed by atoms with Gasteiger partial charge in [0, 0.05) is 12.6 Å². The number of rotatable bonds is 1. The number of imide groups is 1. The van der Waals surface area contributed by atoms with Crippen LogP contribution in [0, 0.1) is 11.8 Å². The first-order valence-corrected chi connectivity index (χ1v) is 6.69. The summed E-state index contributed by atoms with van der Waals surface area (Å²) in [4.78, 5) is 25.1. The second-order valence-corrected chi connectivity index (χ2v) is 5.62. The Labute approximate surface area is 103 Å². The van der Waals surface area contributed by atoms with Crippen molar-refractivity contribution < 1.29 is 9.59 Å². The van der Waals surface area contributed by atoms with E-state index in [2.05, 4.69) is 12.2 Å². The van der Waals surface area contributed by atoms with Gasteiger partial charge in [-0.2, -0.15) is 0 Å². The van der Waals surface area contributed by atoms with E-state index >= 15 is 0 Å².